The van der Waals surface area contributed by atoms with Crippen molar-refractivity contribution in [2.24, 2.45) is 5.14 Å². The van der Waals surface area contributed by atoms with Gasteiger partial charge in [0.2, 0.25) is 10.0 Å². The highest BCUT2D eigenvalue weighted by molar-refractivity contribution is 7.89. The summed E-state index contributed by atoms with van der Waals surface area (Å²) < 4.78 is 22.7. The van der Waals surface area contributed by atoms with E-state index < -0.39 is 10.0 Å². The van der Waals surface area contributed by atoms with Crippen LogP contribution in [0.2, 0.25) is 0 Å². The Morgan fingerprint density at radius 1 is 1.22 bits per heavy atom. The van der Waals surface area contributed by atoms with Gasteiger partial charge in [0.05, 0.1) is 4.90 Å². The number of nitrogens with two attached hydrogens (primary N) is 1. The molecular formula is C13H22N2O2S. The minimum atomic E-state index is -3.64. The van der Waals surface area contributed by atoms with Crippen LogP contribution < -0.4 is 10.5 Å². The number of anilines is 1. The molecule has 0 atom stereocenters. The molecule has 0 saturated carbocycles. The lowest BCUT2D eigenvalue weighted by Crippen LogP contribution is -2.14. The summed E-state index contributed by atoms with van der Waals surface area (Å²) in [6.45, 7) is 4.77. The van der Waals surface area contributed by atoms with Crippen molar-refractivity contribution < 1.29 is 8.42 Å². The normalized spacial score (nSPS) is 11.5. The molecular weight excluding hydrogens is 248 g/mol. The van der Waals surface area contributed by atoms with Crippen LogP contribution in [0, 0.1) is 6.92 Å². The van der Waals surface area contributed by atoms with Crippen LogP contribution in [0.1, 0.15) is 38.2 Å². The van der Waals surface area contributed by atoms with E-state index in [9.17, 15) is 8.42 Å². The number of unbranched alkanes of at least 4 members (excludes halogenated alkanes) is 3. The first-order chi connectivity index (χ1) is 8.45. The molecule has 1 aromatic rings. The molecule has 3 N–H and O–H groups in total. The second-order valence-corrected chi connectivity index (χ2v) is 6.04. The summed E-state index contributed by atoms with van der Waals surface area (Å²) in [6.07, 6.45) is 4.72. The van der Waals surface area contributed by atoms with E-state index >= 15 is 0 Å². The number of nitrogens with one attached hydrogen (secondary N) is 1. The number of aryl methyl sites for hydroxylation is 1. The average molecular weight is 270 g/mol. The summed E-state index contributed by atoms with van der Waals surface area (Å²) in [5.41, 5.74) is 1.48. The average Bonchev–Trinajstić information content (AvgIpc) is 2.29. The van der Waals surface area contributed by atoms with Gasteiger partial charge in [-0.05, 0) is 31.0 Å². The van der Waals surface area contributed by atoms with E-state index in [0.29, 0.717) is 5.56 Å². The molecule has 1 aromatic carbocycles. The van der Waals surface area contributed by atoms with Crippen LogP contribution in [-0.2, 0) is 10.0 Å². The zero-order valence-corrected chi connectivity index (χ0v) is 11.9. The van der Waals surface area contributed by atoms with Gasteiger partial charge in [-0.25, -0.2) is 13.6 Å². The Balaban J connectivity index is 2.63. The Kier molecular flexibility index (Phi) is 5.62. The minimum absolute atomic E-state index is 0.195. The Morgan fingerprint density at radius 3 is 2.56 bits per heavy atom. The summed E-state index contributed by atoms with van der Waals surface area (Å²) in [5, 5.41) is 8.39. The van der Waals surface area contributed by atoms with Crippen LogP contribution in [-0.4, -0.2) is 15.0 Å². The molecule has 0 saturated heterocycles. The number of hydrogen-bond acceptors (Lipinski definition) is 3. The Labute approximate surface area is 110 Å². The number of hydrogen-bond donors (Lipinski definition) is 2. The van der Waals surface area contributed by atoms with Crippen molar-refractivity contribution in [2.75, 3.05) is 11.9 Å². The second-order valence-electron chi connectivity index (χ2n) is 4.51. The van der Waals surface area contributed by atoms with Gasteiger partial charge in [0.25, 0.3) is 0 Å². The van der Waals surface area contributed by atoms with Gasteiger partial charge in [0, 0.05) is 12.2 Å². The maximum atomic E-state index is 11.4. The van der Waals surface area contributed by atoms with Crippen LogP contribution >= 0.6 is 0 Å². The van der Waals surface area contributed by atoms with Gasteiger partial charge in [0.1, 0.15) is 0 Å². The molecule has 0 unspecified atom stereocenters. The molecule has 0 spiro atoms. The predicted octanol–water partition coefficient (Wildman–Crippen LogP) is 2.63. The number of benzene rings is 1. The lowest BCUT2D eigenvalue weighted by atomic mass is 10.2. The fourth-order valence-corrected chi connectivity index (χ4v) is 2.61. The molecule has 0 aliphatic carbocycles. The Bertz CT molecular complexity index is 484. The third-order valence-corrected chi connectivity index (χ3v) is 3.91. The zero-order valence-electron chi connectivity index (χ0n) is 11.1. The van der Waals surface area contributed by atoms with Gasteiger partial charge in [-0.1, -0.05) is 32.3 Å². The molecule has 1 rings (SSSR count). The molecule has 18 heavy (non-hydrogen) atoms. The molecule has 0 amide bonds. The van der Waals surface area contributed by atoms with Gasteiger partial charge in [-0.2, -0.15) is 0 Å². The lowest BCUT2D eigenvalue weighted by molar-refractivity contribution is 0.597. The second kappa shape index (κ2) is 6.75. The lowest BCUT2D eigenvalue weighted by Gasteiger charge is -2.09. The van der Waals surface area contributed by atoms with E-state index in [2.05, 4.69) is 12.2 Å². The summed E-state index contributed by atoms with van der Waals surface area (Å²) >= 11 is 0. The smallest absolute Gasteiger partial charge is 0.238 e. The molecule has 5 heteroatoms. The molecule has 0 bridgehead atoms. The quantitative estimate of drug-likeness (QED) is 0.748. The van der Waals surface area contributed by atoms with Crippen LogP contribution in [0.4, 0.5) is 5.69 Å². The first-order valence-corrected chi connectivity index (χ1v) is 7.87. The van der Waals surface area contributed by atoms with E-state index in [0.717, 1.165) is 18.7 Å². The molecule has 102 valence electrons. The van der Waals surface area contributed by atoms with Crippen molar-refractivity contribution in [2.45, 2.75) is 44.4 Å². The summed E-state index contributed by atoms with van der Waals surface area (Å²) in [4.78, 5) is 0.195. The van der Waals surface area contributed by atoms with Crippen molar-refractivity contribution in [3.8, 4) is 0 Å². The highest BCUT2D eigenvalue weighted by Crippen LogP contribution is 2.19. The molecule has 0 aromatic heterocycles. The van der Waals surface area contributed by atoms with Gasteiger partial charge < -0.3 is 5.32 Å². The number of rotatable bonds is 7. The van der Waals surface area contributed by atoms with Crippen molar-refractivity contribution in [1.82, 2.24) is 0 Å². The van der Waals surface area contributed by atoms with Crippen molar-refractivity contribution >= 4 is 15.7 Å². The van der Waals surface area contributed by atoms with Gasteiger partial charge >= 0.3 is 0 Å². The summed E-state index contributed by atoms with van der Waals surface area (Å²) in [5.74, 6) is 0. The van der Waals surface area contributed by atoms with Crippen LogP contribution in [0.3, 0.4) is 0 Å². The van der Waals surface area contributed by atoms with E-state index in [1.807, 2.05) is 6.07 Å². The molecule has 0 aliphatic rings. The van der Waals surface area contributed by atoms with Crippen LogP contribution in [0.15, 0.2) is 23.1 Å². The summed E-state index contributed by atoms with van der Waals surface area (Å²) in [7, 11) is -3.64. The minimum Gasteiger partial charge on any atom is -0.385 e. The molecule has 0 heterocycles. The van der Waals surface area contributed by atoms with Crippen LogP contribution in [0.5, 0.6) is 0 Å². The van der Waals surface area contributed by atoms with Crippen molar-refractivity contribution in [3.63, 3.8) is 0 Å². The fraction of sp³-hybridized carbons (Fsp3) is 0.538. The number of primary sulfonamides is 1. The Hall–Kier alpha value is -1.07. The molecule has 0 radical (unpaired) electrons. The van der Waals surface area contributed by atoms with E-state index in [1.165, 1.54) is 19.3 Å². The van der Waals surface area contributed by atoms with E-state index in [-0.39, 0.29) is 4.90 Å². The van der Waals surface area contributed by atoms with Crippen molar-refractivity contribution in [3.05, 3.63) is 23.8 Å². The summed E-state index contributed by atoms with van der Waals surface area (Å²) in [6, 6.07) is 5.25. The van der Waals surface area contributed by atoms with Gasteiger partial charge in [-0.3, -0.25) is 0 Å². The molecule has 0 aliphatic heterocycles. The van der Waals surface area contributed by atoms with Crippen molar-refractivity contribution in [1.29, 1.82) is 0 Å². The maximum Gasteiger partial charge on any atom is 0.238 e. The molecule has 0 fully saturated rings. The van der Waals surface area contributed by atoms with E-state index in [1.54, 1.807) is 19.1 Å². The van der Waals surface area contributed by atoms with Gasteiger partial charge in [0.15, 0.2) is 0 Å². The number of sulfonamides is 1. The molecule has 4 nitrogen and oxygen atoms in total. The van der Waals surface area contributed by atoms with E-state index in [4.69, 9.17) is 5.14 Å². The Morgan fingerprint density at radius 2 is 1.94 bits per heavy atom. The van der Waals surface area contributed by atoms with Crippen LogP contribution in [0.25, 0.3) is 0 Å². The predicted molar refractivity (Wildman–Crippen MR) is 75.2 cm³/mol. The SMILES string of the molecule is CCCCCCNc1ccc(C)c(S(N)(=O)=O)c1. The standard InChI is InChI=1S/C13H22N2O2S/c1-3-4-5-6-9-15-12-8-7-11(2)13(10-12)18(14,16)17/h7-8,10,15H,3-6,9H2,1-2H3,(H2,14,16,17). The first-order valence-electron chi connectivity index (χ1n) is 6.32. The largest absolute Gasteiger partial charge is 0.385 e. The highest BCUT2D eigenvalue weighted by atomic mass is 32.2. The van der Waals surface area contributed by atoms with Gasteiger partial charge in [-0.15, -0.1) is 0 Å². The zero-order chi connectivity index (χ0) is 13.6. The third-order valence-electron chi connectivity index (χ3n) is 2.85. The monoisotopic (exact) mass is 270 g/mol. The third kappa shape index (κ3) is 4.66. The highest BCUT2D eigenvalue weighted by Gasteiger charge is 2.11. The fourth-order valence-electron chi connectivity index (χ4n) is 1.80. The maximum absolute atomic E-state index is 11.4. The first kappa shape index (κ1) is 15.0. The topological polar surface area (TPSA) is 72.2 Å².